The van der Waals surface area contributed by atoms with Gasteiger partial charge in [-0.2, -0.15) is 0 Å². The summed E-state index contributed by atoms with van der Waals surface area (Å²) in [5.41, 5.74) is 0.368. The zero-order valence-electron chi connectivity index (χ0n) is 21.0. The topological polar surface area (TPSA) is 137 Å². The fourth-order valence-electron chi connectivity index (χ4n) is 4.27. The molecule has 0 bridgehead atoms. The molecule has 3 aromatic rings. The molecule has 1 amide bonds. The number of amides is 1. The Kier molecular flexibility index (Phi) is 7.27. The summed E-state index contributed by atoms with van der Waals surface area (Å²) in [6.45, 7) is 8.49. The molecule has 11 nitrogen and oxygen atoms in total. The predicted octanol–water partition coefficient (Wildman–Crippen LogP) is 2.85. The van der Waals surface area contributed by atoms with Gasteiger partial charge in [-0.05, 0) is 25.3 Å². The highest BCUT2D eigenvalue weighted by Crippen LogP contribution is 2.37. The molecule has 3 heterocycles. The first-order chi connectivity index (χ1) is 17.2. The van der Waals surface area contributed by atoms with E-state index in [0.717, 1.165) is 12.8 Å². The van der Waals surface area contributed by atoms with Crippen molar-refractivity contribution in [3.05, 3.63) is 44.4 Å². The second-order valence-corrected chi connectivity index (χ2v) is 9.32. The Hall–Kier alpha value is -3.89. The molecular formula is C25H31N5O6. The quantitative estimate of drug-likeness (QED) is 0.411. The SMILES string of the molecule is CCCCn1c(=O)[nH]c(=O)c2c1nc(CCC(=O)Nc1cc3c(cc1C(C)=O)OCO3)n2CC(C)C. The third-order valence-corrected chi connectivity index (χ3v) is 5.99. The van der Waals surface area contributed by atoms with Crippen molar-refractivity contribution in [1.82, 2.24) is 19.1 Å². The van der Waals surface area contributed by atoms with Gasteiger partial charge in [-0.1, -0.05) is 27.2 Å². The van der Waals surface area contributed by atoms with E-state index in [9.17, 15) is 19.2 Å². The molecule has 0 fully saturated rings. The average molecular weight is 498 g/mol. The molecule has 0 saturated carbocycles. The van der Waals surface area contributed by atoms with E-state index in [1.807, 2.05) is 20.8 Å². The highest BCUT2D eigenvalue weighted by Gasteiger charge is 2.22. The Bertz CT molecular complexity index is 1430. The number of nitrogens with one attached hydrogen (secondary N) is 2. The lowest BCUT2D eigenvalue weighted by Crippen LogP contribution is -2.31. The molecule has 2 aromatic heterocycles. The minimum absolute atomic E-state index is 0.0542. The van der Waals surface area contributed by atoms with Crippen LogP contribution in [0, 0.1) is 5.92 Å². The maximum absolute atomic E-state index is 12.9. The van der Waals surface area contributed by atoms with E-state index in [1.165, 1.54) is 11.5 Å². The minimum Gasteiger partial charge on any atom is -0.454 e. The number of nitrogens with zero attached hydrogens (tertiary/aromatic N) is 3. The van der Waals surface area contributed by atoms with Crippen molar-refractivity contribution in [2.24, 2.45) is 5.92 Å². The summed E-state index contributed by atoms with van der Waals surface area (Å²) >= 11 is 0. The highest BCUT2D eigenvalue weighted by molar-refractivity contribution is 6.04. The number of fused-ring (bicyclic) bond motifs is 2. The minimum atomic E-state index is -0.488. The van der Waals surface area contributed by atoms with Gasteiger partial charge in [0.25, 0.3) is 5.56 Å². The smallest absolute Gasteiger partial charge is 0.330 e. The highest BCUT2D eigenvalue weighted by atomic mass is 16.7. The van der Waals surface area contributed by atoms with Crippen molar-refractivity contribution in [1.29, 1.82) is 0 Å². The lowest BCUT2D eigenvalue weighted by Gasteiger charge is -2.12. The number of benzene rings is 1. The van der Waals surface area contributed by atoms with Gasteiger partial charge in [0, 0.05) is 37.6 Å². The molecule has 0 unspecified atom stereocenters. The normalized spacial score (nSPS) is 12.5. The van der Waals surface area contributed by atoms with Crippen LogP contribution in [0.1, 0.15) is 63.1 Å². The standard InChI is InChI=1S/C25H31N5O6/c1-5-6-9-29-23-22(24(33)28-25(29)34)30(12-14(2)3)20(27-23)7-8-21(32)26-17-11-19-18(35-13-36-19)10-16(17)15(4)31/h10-11,14H,5-9,12-13H2,1-4H3,(H,26,32)(H,28,33,34). The first-order valence-electron chi connectivity index (χ1n) is 12.2. The number of carbonyl (C=O) groups is 2. The summed E-state index contributed by atoms with van der Waals surface area (Å²) in [7, 11) is 0. The van der Waals surface area contributed by atoms with Crippen LogP contribution < -0.4 is 26.0 Å². The van der Waals surface area contributed by atoms with Crippen molar-refractivity contribution >= 4 is 28.5 Å². The van der Waals surface area contributed by atoms with Crippen LogP contribution in [0.5, 0.6) is 11.5 Å². The summed E-state index contributed by atoms with van der Waals surface area (Å²) in [5, 5.41) is 2.79. The molecule has 2 N–H and O–H groups in total. The Morgan fingerprint density at radius 1 is 1.17 bits per heavy atom. The van der Waals surface area contributed by atoms with Crippen LogP contribution in [0.2, 0.25) is 0 Å². The van der Waals surface area contributed by atoms with Crippen molar-refractivity contribution < 1.29 is 19.1 Å². The monoisotopic (exact) mass is 497 g/mol. The van der Waals surface area contributed by atoms with E-state index in [0.29, 0.717) is 52.8 Å². The van der Waals surface area contributed by atoms with E-state index in [-0.39, 0.29) is 37.2 Å². The molecule has 36 heavy (non-hydrogen) atoms. The number of ether oxygens (including phenoxy) is 2. The van der Waals surface area contributed by atoms with E-state index < -0.39 is 11.2 Å². The largest absolute Gasteiger partial charge is 0.454 e. The maximum atomic E-state index is 12.9. The molecule has 1 aromatic carbocycles. The second kappa shape index (κ2) is 10.4. The van der Waals surface area contributed by atoms with Crippen LogP contribution in [0.4, 0.5) is 5.69 Å². The van der Waals surface area contributed by atoms with Gasteiger partial charge in [-0.25, -0.2) is 9.78 Å². The molecule has 1 aliphatic heterocycles. The van der Waals surface area contributed by atoms with Crippen LogP contribution in [0.3, 0.4) is 0 Å². The zero-order valence-corrected chi connectivity index (χ0v) is 21.0. The second-order valence-electron chi connectivity index (χ2n) is 9.32. The average Bonchev–Trinajstić information content (AvgIpc) is 3.41. The molecule has 0 spiro atoms. The first kappa shape index (κ1) is 25.2. The van der Waals surface area contributed by atoms with Crippen LogP contribution in [0.25, 0.3) is 11.2 Å². The maximum Gasteiger partial charge on any atom is 0.330 e. The number of aryl methyl sites for hydroxylation is 2. The van der Waals surface area contributed by atoms with Gasteiger partial charge in [0.15, 0.2) is 28.4 Å². The van der Waals surface area contributed by atoms with Gasteiger partial charge in [0.1, 0.15) is 5.82 Å². The number of ketones is 1. The molecule has 0 saturated heterocycles. The number of hydrogen-bond acceptors (Lipinski definition) is 7. The van der Waals surface area contributed by atoms with Gasteiger partial charge in [-0.15, -0.1) is 0 Å². The van der Waals surface area contributed by atoms with Gasteiger partial charge in [0.05, 0.1) is 5.69 Å². The molecule has 11 heteroatoms. The number of anilines is 1. The molecule has 1 aliphatic rings. The Balaban J connectivity index is 1.63. The van der Waals surface area contributed by atoms with Crippen molar-refractivity contribution in [2.75, 3.05) is 12.1 Å². The Morgan fingerprint density at radius 3 is 2.56 bits per heavy atom. The molecule has 192 valence electrons. The van der Waals surface area contributed by atoms with Crippen molar-refractivity contribution in [3.63, 3.8) is 0 Å². The van der Waals surface area contributed by atoms with Crippen molar-refractivity contribution in [2.45, 2.75) is 66.5 Å². The summed E-state index contributed by atoms with van der Waals surface area (Å²) in [6, 6.07) is 3.14. The number of aromatic amines is 1. The van der Waals surface area contributed by atoms with E-state index >= 15 is 0 Å². The number of aromatic nitrogens is 4. The number of H-pyrrole nitrogens is 1. The number of hydrogen-bond donors (Lipinski definition) is 2. The van der Waals surface area contributed by atoms with E-state index in [2.05, 4.69) is 15.3 Å². The number of carbonyl (C=O) groups excluding carboxylic acids is 2. The van der Waals surface area contributed by atoms with E-state index in [4.69, 9.17) is 9.47 Å². The van der Waals surface area contributed by atoms with Gasteiger partial charge < -0.3 is 19.4 Å². The zero-order chi connectivity index (χ0) is 26.0. The lowest BCUT2D eigenvalue weighted by molar-refractivity contribution is -0.116. The summed E-state index contributed by atoms with van der Waals surface area (Å²) in [4.78, 5) is 57.3. The fraction of sp³-hybridized carbons (Fsp3) is 0.480. The summed E-state index contributed by atoms with van der Waals surface area (Å²) in [6.07, 6.45) is 1.96. The Morgan fingerprint density at radius 2 is 1.89 bits per heavy atom. The predicted molar refractivity (Wildman–Crippen MR) is 134 cm³/mol. The summed E-state index contributed by atoms with van der Waals surface area (Å²) in [5.74, 6) is 1.13. The molecule has 0 aliphatic carbocycles. The molecular weight excluding hydrogens is 466 g/mol. The van der Waals surface area contributed by atoms with Gasteiger partial charge in [-0.3, -0.25) is 23.9 Å². The van der Waals surface area contributed by atoms with Gasteiger partial charge in [0.2, 0.25) is 12.7 Å². The van der Waals surface area contributed by atoms with Gasteiger partial charge >= 0.3 is 5.69 Å². The number of Topliss-reactive ketones (excluding diaryl/α,β-unsaturated/α-hetero) is 1. The Labute approximate surface area is 207 Å². The molecule has 4 rings (SSSR count). The molecule has 0 atom stereocenters. The van der Waals surface area contributed by atoms with Crippen LogP contribution in [0.15, 0.2) is 21.7 Å². The first-order valence-corrected chi connectivity index (χ1v) is 12.2. The number of rotatable bonds is 10. The number of imidazole rings is 1. The van der Waals surface area contributed by atoms with Crippen molar-refractivity contribution in [3.8, 4) is 11.5 Å². The third kappa shape index (κ3) is 5.05. The van der Waals surface area contributed by atoms with E-state index in [1.54, 1.807) is 16.7 Å². The summed E-state index contributed by atoms with van der Waals surface area (Å²) < 4.78 is 14.0. The van der Waals surface area contributed by atoms with Crippen LogP contribution in [-0.2, 0) is 24.3 Å². The van der Waals surface area contributed by atoms with Crippen LogP contribution >= 0.6 is 0 Å². The fourth-order valence-corrected chi connectivity index (χ4v) is 4.27. The number of unbranched alkanes of at least 4 members (excludes halogenated alkanes) is 1. The van der Waals surface area contributed by atoms with Crippen LogP contribution in [-0.4, -0.2) is 37.6 Å². The molecule has 0 radical (unpaired) electrons. The third-order valence-electron chi connectivity index (χ3n) is 5.99. The lowest BCUT2D eigenvalue weighted by atomic mass is 10.1.